The van der Waals surface area contributed by atoms with Gasteiger partial charge in [-0.3, -0.25) is 4.90 Å². The van der Waals surface area contributed by atoms with E-state index in [1.807, 2.05) is 30.3 Å². The molecule has 1 aromatic carbocycles. The summed E-state index contributed by atoms with van der Waals surface area (Å²) in [7, 11) is 1.48. The van der Waals surface area contributed by atoms with Gasteiger partial charge in [0.1, 0.15) is 0 Å². The van der Waals surface area contributed by atoms with Crippen LogP contribution in [0.4, 0.5) is 0 Å². The second kappa shape index (κ2) is 4.90. The first-order valence-electron chi connectivity index (χ1n) is 6.22. The quantitative estimate of drug-likeness (QED) is 0.608. The molecule has 0 saturated carbocycles. The first kappa shape index (κ1) is 13.4. The molecule has 1 aromatic rings. The molecule has 0 spiro atoms. The van der Waals surface area contributed by atoms with Crippen LogP contribution in [0.15, 0.2) is 30.3 Å². The maximum Gasteiger partial charge on any atom is 0.332 e. The number of rotatable bonds is 2. The molecule has 2 aliphatic rings. The molecule has 2 saturated heterocycles. The molecule has 18 heavy (non-hydrogen) atoms. The Hall–Kier alpha value is -1.06. The highest BCUT2D eigenvalue weighted by molar-refractivity contribution is 5.87. The summed E-state index contributed by atoms with van der Waals surface area (Å²) in [6.45, 7) is 1.01. The normalized spacial score (nSPS) is 32.9. The van der Waals surface area contributed by atoms with Crippen molar-refractivity contribution < 1.29 is 9.53 Å². The molecule has 3 atom stereocenters. The number of nitrogens with zero attached hydrogens (tertiary/aromatic N) is 1. The zero-order chi connectivity index (χ0) is 11.9. The van der Waals surface area contributed by atoms with Gasteiger partial charge in [0, 0.05) is 12.6 Å². The standard InChI is InChI=1S/C14H17NO2.ClH/c1-17-13(16)14(11-7-3-2-4-8-11)12-9-5-6-10-15(12)14;/h2-4,7-8,12H,5-6,9-10H2,1H3;1H/t12-,14-,15?;/m1./s1. The number of esters is 1. The monoisotopic (exact) mass is 267 g/mol. The number of carbonyl (C=O) groups excluding carboxylic acids is 1. The zero-order valence-corrected chi connectivity index (χ0v) is 11.3. The van der Waals surface area contributed by atoms with Crippen molar-refractivity contribution >= 4 is 18.4 Å². The largest absolute Gasteiger partial charge is 0.467 e. The Morgan fingerprint density at radius 3 is 2.61 bits per heavy atom. The van der Waals surface area contributed by atoms with Gasteiger partial charge < -0.3 is 4.74 Å². The van der Waals surface area contributed by atoms with Crippen molar-refractivity contribution in [2.75, 3.05) is 13.7 Å². The van der Waals surface area contributed by atoms with E-state index in [1.165, 1.54) is 20.0 Å². The molecule has 0 aromatic heterocycles. The van der Waals surface area contributed by atoms with E-state index in [1.54, 1.807) is 0 Å². The Morgan fingerprint density at radius 2 is 2.06 bits per heavy atom. The highest BCUT2D eigenvalue weighted by atomic mass is 35.5. The van der Waals surface area contributed by atoms with Crippen LogP contribution in [0.1, 0.15) is 24.8 Å². The summed E-state index contributed by atoms with van der Waals surface area (Å²) in [5.41, 5.74) is 0.603. The first-order valence-corrected chi connectivity index (χ1v) is 6.22. The van der Waals surface area contributed by atoms with Gasteiger partial charge in [0.05, 0.1) is 7.11 Å². The second-order valence-corrected chi connectivity index (χ2v) is 4.83. The number of halogens is 1. The average Bonchev–Trinajstić information content (AvgIpc) is 3.09. The van der Waals surface area contributed by atoms with Gasteiger partial charge in [-0.25, -0.2) is 4.79 Å². The van der Waals surface area contributed by atoms with E-state index in [0.29, 0.717) is 6.04 Å². The van der Waals surface area contributed by atoms with Crippen LogP contribution >= 0.6 is 12.4 Å². The Kier molecular flexibility index (Phi) is 3.64. The number of hydrogen-bond donors (Lipinski definition) is 0. The topological polar surface area (TPSA) is 29.3 Å². The first-order chi connectivity index (χ1) is 8.31. The average molecular weight is 268 g/mol. The molecule has 4 heteroatoms. The van der Waals surface area contributed by atoms with Crippen LogP contribution in [0.3, 0.4) is 0 Å². The maximum absolute atomic E-state index is 12.2. The lowest BCUT2D eigenvalue weighted by Gasteiger charge is -2.15. The minimum absolute atomic E-state index is 0. The van der Waals surface area contributed by atoms with Crippen molar-refractivity contribution in [2.24, 2.45) is 0 Å². The summed E-state index contributed by atoms with van der Waals surface area (Å²) >= 11 is 0. The number of benzene rings is 1. The fraction of sp³-hybridized carbons (Fsp3) is 0.500. The smallest absolute Gasteiger partial charge is 0.332 e. The van der Waals surface area contributed by atoms with Crippen LogP contribution in [0, 0.1) is 0 Å². The maximum atomic E-state index is 12.2. The van der Waals surface area contributed by atoms with Crippen LogP contribution in [0.2, 0.25) is 0 Å². The Labute approximate surface area is 114 Å². The Bertz CT molecular complexity index is 423. The third kappa shape index (κ3) is 1.65. The van der Waals surface area contributed by atoms with Crippen molar-refractivity contribution in [3.05, 3.63) is 35.9 Å². The molecule has 98 valence electrons. The summed E-state index contributed by atoms with van der Waals surface area (Å²) in [5, 5.41) is 0. The molecule has 0 radical (unpaired) electrons. The van der Waals surface area contributed by atoms with Gasteiger partial charge >= 0.3 is 5.97 Å². The molecule has 2 fully saturated rings. The molecule has 0 N–H and O–H groups in total. The van der Waals surface area contributed by atoms with Gasteiger partial charge in [0.2, 0.25) is 0 Å². The molecule has 3 nitrogen and oxygen atoms in total. The van der Waals surface area contributed by atoms with E-state index < -0.39 is 5.54 Å². The molecule has 1 unspecified atom stereocenters. The van der Waals surface area contributed by atoms with E-state index in [0.717, 1.165) is 18.5 Å². The molecular weight excluding hydrogens is 250 g/mol. The van der Waals surface area contributed by atoms with Crippen LogP contribution in [-0.4, -0.2) is 30.6 Å². The summed E-state index contributed by atoms with van der Waals surface area (Å²) in [6.07, 6.45) is 3.50. The van der Waals surface area contributed by atoms with Crippen molar-refractivity contribution in [3.8, 4) is 0 Å². The third-order valence-corrected chi connectivity index (χ3v) is 4.08. The lowest BCUT2D eigenvalue weighted by Crippen LogP contribution is -2.29. The van der Waals surface area contributed by atoms with E-state index in [9.17, 15) is 4.79 Å². The molecule has 0 aliphatic carbocycles. The lowest BCUT2D eigenvalue weighted by atomic mass is 9.93. The van der Waals surface area contributed by atoms with Gasteiger partial charge in [0.25, 0.3) is 0 Å². The van der Waals surface area contributed by atoms with E-state index >= 15 is 0 Å². The predicted octanol–water partition coefficient (Wildman–Crippen LogP) is 2.34. The van der Waals surface area contributed by atoms with Gasteiger partial charge in [0.15, 0.2) is 5.54 Å². The summed E-state index contributed by atoms with van der Waals surface area (Å²) < 4.78 is 5.04. The SMILES string of the molecule is COC(=O)[C@@]1(c2ccccc2)[C@H]2CCCCN21.Cl. The van der Waals surface area contributed by atoms with Crippen LogP contribution in [0.5, 0.6) is 0 Å². The van der Waals surface area contributed by atoms with Crippen molar-refractivity contribution in [1.82, 2.24) is 4.90 Å². The molecule has 2 heterocycles. The third-order valence-electron chi connectivity index (χ3n) is 4.08. The van der Waals surface area contributed by atoms with Crippen LogP contribution in [0.25, 0.3) is 0 Å². The van der Waals surface area contributed by atoms with Crippen molar-refractivity contribution in [3.63, 3.8) is 0 Å². The fourth-order valence-electron chi connectivity index (χ4n) is 3.30. The number of carbonyl (C=O) groups is 1. The molecule has 0 amide bonds. The van der Waals surface area contributed by atoms with Crippen LogP contribution in [-0.2, 0) is 15.1 Å². The highest BCUT2D eigenvalue weighted by Crippen LogP contribution is 2.54. The Balaban J connectivity index is 0.00000120. The minimum atomic E-state index is -0.480. The minimum Gasteiger partial charge on any atom is -0.467 e. The van der Waals surface area contributed by atoms with E-state index in [2.05, 4.69) is 4.90 Å². The summed E-state index contributed by atoms with van der Waals surface area (Å²) in [6, 6.07) is 10.4. The van der Waals surface area contributed by atoms with Crippen molar-refractivity contribution in [1.29, 1.82) is 0 Å². The lowest BCUT2D eigenvalue weighted by molar-refractivity contribution is -0.145. The van der Waals surface area contributed by atoms with Gasteiger partial charge in [-0.15, -0.1) is 12.4 Å². The predicted molar refractivity (Wildman–Crippen MR) is 71.7 cm³/mol. The molecule has 3 rings (SSSR count). The molecular formula is C14H18ClNO2. The highest BCUT2D eigenvalue weighted by Gasteiger charge is 2.69. The summed E-state index contributed by atoms with van der Waals surface area (Å²) in [5.74, 6) is -0.101. The number of methoxy groups -OCH3 is 1. The van der Waals surface area contributed by atoms with Gasteiger partial charge in [-0.05, 0) is 18.4 Å². The fourth-order valence-corrected chi connectivity index (χ4v) is 3.30. The van der Waals surface area contributed by atoms with E-state index in [4.69, 9.17) is 4.74 Å². The van der Waals surface area contributed by atoms with E-state index in [-0.39, 0.29) is 18.4 Å². The number of fused-ring (bicyclic) bond motifs is 1. The summed E-state index contributed by atoms with van der Waals surface area (Å²) in [4.78, 5) is 14.5. The zero-order valence-electron chi connectivity index (χ0n) is 10.5. The molecule has 2 aliphatic heterocycles. The number of piperidine rings is 1. The Morgan fingerprint density at radius 1 is 1.33 bits per heavy atom. The molecule has 0 bridgehead atoms. The number of ether oxygens (including phenoxy) is 1. The van der Waals surface area contributed by atoms with Crippen molar-refractivity contribution in [2.45, 2.75) is 30.8 Å². The van der Waals surface area contributed by atoms with Crippen LogP contribution < -0.4 is 0 Å². The number of hydrogen-bond acceptors (Lipinski definition) is 3. The van der Waals surface area contributed by atoms with Gasteiger partial charge in [-0.1, -0.05) is 36.8 Å². The van der Waals surface area contributed by atoms with Gasteiger partial charge in [-0.2, -0.15) is 0 Å². The second-order valence-electron chi connectivity index (χ2n) is 4.83.